The molecule has 0 bridgehead atoms. The number of hydrogen-bond donors (Lipinski definition) is 0. The molecular weight excluding hydrogens is 214 g/mol. The maximum Gasteiger partial charge on any atom is 0.282 e. The number of benzene rings is 1. The second-order valence-electron chi connectivity index (χ2n) is 2.70. The topological polar surface area (TPSA) is 17.1 Å². The van der Waals surface area contributed by atoms with E-state index < -0.39 is 5.85 Å². The van der Waals surface area contributed by atoms with Crippen molar-refractivity contribution in [2.75, 3.05) is 0 Å². The van der Waals surface area contributed by atoms with Crippen LogP contribution in [-0.4, -0.2) is 0 Å². The molecule has 0 aliphatic heterocycles. The van der Waals surface area contributed by atoms with E-state index in [-0.39, 0.29) is 0 Å². The van der Waals surface area contributed by atoms with Gasteiger partial charge in [-0.2, -0.15) is 0 Å². The molecular formula is C8H9Cl2OP. The first kappa shape index (κ1) is 10.1. The summed E-state index contributed by atoms with van der Waals surface area (Å²) in [5.74, 6) is -3.15. The minimum absolute atomic E-state index is 0.577. The Morgan fingerprint density at radius 3 is 1.83 bits per heavy atom. The lowest BCUT2D eigenvalue weighted by Gasteiger charge is -2.09. The van der Waals surface area contributed by atoms with Crippen molar-refractivity contribution in [1.82, 2.24) is 0 Å². The van der Waals surface area contributed by atoms with Crippen LogP contribution in [0.5, 0.6) is 0 Å². The Kier molecular flexibility index (Phi) is 2.88. The Hall–Kier alpha value is 0.0300. The van der Waals surface area contributed by atoms with E-state index in [9.17, 15) is 4.57 Å². The second kappa shape index (κ2) is 3.41. The molecule has 12 heavy (non-hydrogen) atoms. The molecule has 0 N–H and O–H groups in total. The summed E-state index contributed by atoms with van der Waals surface area (Å²) in [5, 5.41) is 0.577. The van der Waals surface area contributed by atoms with Crippen molar-refractivity contribution >= 4 is 33.6 Å². The monoisotopic (exact) mass is 222 g/mol. The fourth-order valence-electron chi connectivity index (χ4n) is 1.22. The molecule has 0 saturated heterocycles. The Morgan fingerprint density at radius 1 is 1.17 bits per heavy atom. The molecule has 0 aromatic heterocycles. The molecule has 1 aromatic carbocycles. The zero-order valence-electron chi connectivity index (χ0n) is 6.84. The maximum absolute atomic E-state index is 11.4. The molecule has 0 unspecified atom stereocenters. The molecule has 0 radical (unpaired) electrons. The summed E-state index contributed by atoms with van der Waals surface area (Å²) in [7, 11) is 0. The fourth-order valence-corrected chi connectivity index (χ4v) is 3.79. The van der Waals surface area contributed by atoms with Crippen LogP contribution < -0.4 is 5.30 Å². The van der Waals surface area contributed by atoms with Gasteiger partial charge in [-0.1, -0.05) is 18.2 Å². The van der Waals surface area contributed by atoms with E-state index in [1.807, 2.05) is 32.0 Å². The van der Waals surface area contributed by atoms with Gasteiger partial charge in [0.2, 0.25) is 0 Å². The lowest BCUT2D eigenvalue weighted by molar-refractivity contribution is 0.597. The third-order valence-corrected chi connectivity index (χ3v) is 3.94. The van der Waals surface area contributed by atoms with Crippen LogP contribution in [0.4, 0.5) is 0 Å². The zero-order chi connectivity index (χ0) is 9.35. The minimum Gasteiger partial charge on any atom is -0.284 e. The van der Waals surface area contributed by atoms with Gasteiger partial charge in [-0.3, -0.25) is 4.57 Å². The van der Waals surface area contributed by atoms with Gasteiger partial charge in [-0.15, -0.1) is 0 Å². The van der Waals surface area contributed by atoms with E-state index in [1.54, 1.807) is 0 Å². The van der Waals surface area contributed by atoms with Gasteiger partial charge in [-0.05, 0) is 47.5 Å². The van der Waals surface area contributed by atoms with Crippen LogP contribution in [0.25, 0.3) is 0 Å². The summed E-state index contributed by atoms with van der Waals surface area (Å²) in [6, 6.07) is 5.58. The van der Waals surface area contributed by atoms with Crippen molar-refractivity contribution in [1.29, 1.82) is 0 Å². The van der Waals surface area contributed by atoms with Crippen LogP contribution >= 0.6 is 28.3 Å². The average molecular weight is 223 g/mol. The summed E-state index contributed by atoms with van der Waals surface area (Å²) in [4.78, 5) is 0. The summed E-state index contributed by atoms with van der Waals surface area (Å²) < 4.78 is 11.4. The number of halogens is 2. The molecule has 0 aliphatic rings. The number of hydrogen-bond acceptors (Lipinski definition) is 1. The van der Waals surface area contributed by atoms with E-state index in [4.69, 9.17) is 22.5 Å². The van der Waals surface area contributed by atoms with Crippen molar-refractivity contribution in [3.05, 3.63) is 29.3 Å². The molecule has 0 spiro atoms. The first-order chi connectivity index (χ1) is 5.43. The highest BCUT2D eigenvalue weighted by Gasteiger charge is 2.21. The molecule has 1 aromatic rings. The van der Waals surface area contributed by atoms with Crippen molar-refractivity contribution in [2.45, 2.75) is 13.8 Å². The van der Waals surface area contributed by atoms with E-state index in [2.05, 4.69) is 0 Å². The molecule has 0 aliphatic carbocycles. The second-order valence-corrected chi connectivity index (χ2v) is 7.45. The van der Waals surface area contributed by atoms with E-state index >= 15 is 0 Å². The summed E-state index contributed by atoms with van der Waals surface area (Å²) in [6.07, 6.45) is 0. The molecule has 1 rings (SSSR count). The average Bonchev–Trinajstić information content (AvgIpc) is 1.82. The summed E-state index contributed by atoms with van der Waals surface area (Å²) >= 11 is 11.2. The smallest absolute Gasteiger partial charge is 0.282 e. The minimum atomic E-state index is -3.15. The van der Waals surface area contributed by atoms with E-state index in [1.165, 1.54) is 0 Å². The lowest BCUT2D eigenvalue weighted by atomic mass is 10.2. The van der Waals surface area contributed by atoms with Crippen molar-refractivity contribution in [3.8, 4) is 0 Å². The van der Waals surface area contributed by atoms with Gasteiger partial charge in [0.1, 0.15) is 0 Å². The summed E-state index contributed by atoms with van der Waals surface area (Å²) in [5.41, 5.74) is 1.76. The molecule has 1 nitrogen and oxygen atoms in total. The molecule has 0 fully saturated rings. The SMILES string of the molecule is Cc1cccc(C)c1P(=O)(Cl)Cl. The number of rotatable bonds is 1. The standard InChI is InChI=1S/C8H9Cl2OP/c1-6-4-3-5-7(2)8(6)12(9,10)11/h3-5H,1-2H3. The highest BCUT2D eigenvalue weighted by atomic mass is 35.9. The molecule has 0 saturated carbocycles. The van der Waals surface area contributed by atoms with Crippen LogP contribution in [0.15, 0.2) is 18.2 Å². The molecule has 4 heteroatoms. The van der Waals surface area contributed by atoms with Crippen LogP contribution in [0.1, 0.15) is 11.1 Å². The van der Waals surface area contributed by atoms with Crippen molar-refractivity contribution in [3.63, 3.8) is 0 Å². The van der Waals surface area contributed by atoms with Gasteiger partial charge >= 0.3 is 0 Å². The normalized spacial score (nSPS) is 11.7. The van der Waals surface area contributed by atoms with Gasteiger partial charge in [0.15, 0.2) is 0 Å². The highest BCUT2D eigenvalue weighted by molar-refractivity contribution is 8.13. The Bertz CT molecular complexity index is 323. The van der Waals surface area contributed by atoms with Gasteiger partial charge in [-0.25, -0.2) is 0 Å². The molecule has 0 amide bonds. The highest BCUT2D eigenvalue weighted by Crippen LogP contribution is 2.56. The van der Waals surface area contributed by atoms with Crippen LogP contribution in [0, 0.1) is 13.8 Å². The zero-order valence-corrected chi connectivity index (χ0v) is 9.25. The molecule has 0 heterocycles. The fraction of sp³-hybridized carbons (Fsp3) is 0.250. The predicted octanol–water partition coefficient (Wildman–Crippen LogP) is 3.60. The van der Waals surface area contributed by atoms with Crippen LogP contribution in [0.3, 0.4) is 0 Å². The Labute approximate surface area is 81.6 Å². The third-order valence-electron chi connectivity index (χ3n) is 1.70. The molecule has 0 atom stereocenters. The van der Waals surface area contributed by atoms with Crippen molar-refractivity contribution in [2.24, 2.45) is 0 Å². The first-order valence-electron chi connectivity index (χ1n) is 3.49. The third kappa shape index (κ3) is 2.04. The maximum atomic E-state index is 11.4. The predicted molar refractivity (Wildman–Crippen MR) is 54.9 cm³/mol. The Morgan fingerprint density at radius 2 is 1.58 bits per heavy atom. The van der Waals surface area contributed by atoms with Gasteiger partial charge < -0.3 is 0 Å². The number of aryl methyl sites for hydroxylation is 2. The van der Waals surface area contributed by atoms with Crippen molar-refractivity contribution < 1.29 is 4.57 Å². The summed E-state index contributed by atoms with van der Waals surface area (Å²) in [6.45, 7) is 3.69. The Balaban J connectivity index is 3.42. The molecule has 66 valence electrons. The quantitative estimate of drug-likeness (QED) is 0.664. The van der Waals surface area contributed by atoms with Crippen LogP contribution in [0.2, 0.25) is 0 Å². The van der Waals surface area contributed by atoms with Gasteiger partial charge in [0.25, 0.3) is 5.85 Å². The van der Waals surface area contributed by atoms with Gasteiger partial charge in [0, 0.05) is 5.30 Å². The largest absolute Gasteiger partial charge is 0.284 e. The van der Waals surface area contributed by atoms with Crippen LogP contribution in [-0.2, 0) is 4.57 Å². The lowest BCUT2D eigenvalue weighted by Crippen LogP contribution is -2.06. The van der Waals surface area contributed by atoms with E-state index in [0.29, 0.717) is 5.30 Å². The first-order valence-corrected chi connectivity index (χ1v) is 7.01. The van der Waals surface area contributed by atoms with E-state index in [0.717, 1.165) is 11.1 Å². The van der Waals surface area contributed by atoms with Gasteiger partial charge in [0.05, 0.1) is 0 Å².